The smallest absolute Gasteiger partial charge is 0.267 e. The van der Waals surface area contributed by atoms with Crippen LogP contribution in [0.5, 0.6) is 0 Å². The fourth-order valence-electron chi connectivity index (χ4n) is 7.55. The number of hydrogen-bond donors (Lipinski definition) is 3. The third-order valence-electron chi connectivity index (χ3n) is 10.6. The first-order valence-corrected chi connectivity index (χ1v) is 20.7. The second-order valence-corrected chi connectivity index (χ2v) is 16.1. The average Bonchev–Trinajstić information content (AvgIpc) is 3.77. The van der Waals surface area contributed by atoms with Crippen molar-refractivity contribution in [1.82, 2.24) is 30.1 Å². The van der Waals surface area contributed by atoms with Crippen molar-refractivity contribution in [2.24, 2.45) is 0 Å². The number of benzene rings is 2. The molecule has 1 atom stereocenters. The number of aryl methyl sites for hydroxylation is 3. The highest BCUT2D eigenvalue weighted by atomic mass is 35.5. The lowest BCUT2D eigenvalue weighted by Gasteiger charge is -2.35. The Morgan fingerprint density at radius 3 is 2.47 bits per heavy atom. The summed E-state index contributed by atoms with van der Waals surface area (Å²) in [4.78, 5) is 95.5. The molecule has 0 aliphatic carbocycles. The Hall–Kier alpha value is -5.74. The number of para-hydroxylation sites is 1. The topological polar surface area (TPSA) is 187 Å². The number of aromatic nitrogens is 3. The SMILES string of the molecule is Cc1nc(Nc2ncc(C(=O)Nc3c(C)cccc3Cl)s2)cc(N2CCN(C(=O)CCCCCCCc3cccc4c3C(=O)N(C3CCC(=O)NC3=O)C4=O)CC2)n1. The fraction of sp³-hybridized carbons (Fsp3) is 0.390. The van der Waals surface area contributed by atoms with E-state index in [1.54, 1.807) is 18.2 Å². The zero-order valence-corrected chi connectivity index (χ0v) is 33.9. The number of nitrogens with zero attached hydrogens (tertiary/aromatic N) is 6. The highest BCUT2D eigenvalue weighted by molar-refractivity contribution is 7.17. The third kappa shape index (κ3) is 9.02. The molecule has 2 aromatic carbocycles. The van der Waals surface area contributed by atoms with E-state index in [9.17, 15) is 28.8 Å². The second-order valence-electron chi connectivity index (χ2n) is 14.6. The van der Waals surface area contributed by atoms with Crippen molar-refractivity contribution in [1.29, 1.82) is 0 Å². The van der Waals surface area contributed by atoms with Crippen LogP contribution in [0.4, 0.5) is 22.5 Å². The van der Waals surface area contributed by atoms with Gasteiger partial charge >= 0.3 is 0 Å². The van der Waals surface area contributed by atoms with E-state index in [1.165, 1.54) is 17.5 Å². The molecule has 4 aromatic rings. The van der Waals surface area contributed by atoms with Gasteiger partial charge in [-0.25, -0.2) is 15.0 Å². The van der Waals surface area contributed by atoms with Crippen LogP contribution in [-0.4, -0.2) is 92.4 Å². The van der Waals surface area contributed by atoms with Crippen molar-refractivity contribution < 1.29 is 28.8 Å². The molecule has 0 radical (unpaired) electrons. The lowest BCUT2D eigenvalue weighted by Crippen LogP contribution is -2.54. The number of piperazine rings is 1. The normalized spacial score (nSPS) is 16.7. The van der Waals surface area contributed by atoms with Crippen LogP contribution in [0.2, 0.25) is 5.02 Å². The molecule has 7 rings (SSSR count). The molecule has 0 spiro atoms. The summed E-state index contributed by atoms with van der Waals surface area (Å²) in [7, 11) is 0. The molecule has 3 aliphatic heterocycles. The van der Waals surface area contributed by atoms with Gasteiger partial charge in [0, 0.05) is 45.1 Å². The van der Waals surface area contributed by atoms with Crippen LogP contribution in [-0.2, 0) is 20.8 Å². The Morgan fingerprint density at radius 1 is 0.931 bits per heavy atom. The van der Waals surface area contributed by atoms with Crippen LogP contribution in [0.15, 0.2) is 48.7 Å². The molecular formula is C41H44ClN9O6S. The highest BCUT2D eigenvalue weighted by Crippen LogP contribution is 2.32. The van der Waals surface area contributed by atoms with Crippen LogP contribution in [0.1, 0.15) is 98.7 Å². The van der Waals surface area contributed by atoms with Crippen molar-refractivity contribution in [2.45, 2.75) is 77.7 Å². The van der Waals surface area contributed by atoms with E-state index in [-0.39, 0.29) is 24.7 Å². The number of carbonyl (C=O) groups excluding carboxylic acids is 6. The number of rotatable bonds is 14. The predicted molar refractivity (Wildman–Crippen MR) is 220 cm³/mol. The maximum absolute atomic E-state index is 13.4. The molecule has 2 fully saturated rings. The zero-order valence-electron chi connectivity index (χ0n) is 32.3. The number of hydrogen-bond acceptors (Lipinski definition) is 12. The van der Waals surface area contributed by atoms with Gasteiger partial charge in [0.1, 0.15) is 28.4 Å². The molecule has 1 unspecified atom stereocenters. The van der Waals surface area contributed by atoms with Gasteiger partial charge in [-0.15, -0.1) is 0 Å². The van der Waals surface area contributed by atoms with Gasteiger partial charge in [-0.1, -0.05) is 66.5 Å². The maximum atomic E-state index is 13.4. The van der Waals surface area contributed by atoms with Crippen molar-refractivity contribution in [3.63, 3.8) is 0 Å². The van der Waals surface area contributed by atoms with Crippen LogP contribution >= 0.6 is 22.9 Å². The minimum atomic E-state index is -0.983. The fourth-order valence-corrected chi connectivity index (χ4v) is 8.54. The number of amides is 6. The monoisotopic (exact) mass is 825 g/mol. The number of anilines is 4. The van der Waals surface area contributed by atoms with E-state index in [0.717, 1.165) is 53.9 Å². The molecule has 17 heteroatoms. The quantitative estimate of drug-likeness (QED) is 0.103. The summed E-state index contributed by atoms with van der Waals surface area (Å²) in [5.74, 6) is -0.288. The van der Waals surface area contributed by atoms with Crippen LogP contribution < -0.4 is 20.9 Å². The first-order chi connectivity index (χ1) is 28.0. The first kappa shape index (κ1) is 40.5. The van der Waals surface area contributed by atoms with Gasteiger partial charge < -0.3 is 20.4 Å². The Kier molecular flexibility index (Phi) is 12.4. The third-order valence-corrected chi connectivity index (χ3v) is 11.8. The van der Waals surface area contributed by atoms with Gasteiger partial charge in [-0.3, -0.25) is 39.0 Å². The predicted octanol–water partition coefficient (Wildman–Crippen LogP) is 5.83. The molecule has 0 saturated carbocycles. The number of thiazole rings is 1. The number of piperidine rings is 1. The Bertz CT molecular complexity index is 2250. The molecule has 6 amide bonds. The van der Waals surface area contributed by atoms with Gasteiger partial charge in [-0.05, 0) is 62.8 Å². The number of unbranched alkanes of at least 4 members (excludes halogenated alkanes) is 4. The summed E-state index contributed by atoms with van der Waals surface area (Å²) < 4.78 is 0. The van der Waals surface area contributed by atoms with Crippen LogP contribution in [0.3, 0.4) is 0 Å². The van der Waals surface area contributed by atoms with Gasteiger partial charge in [0.05, 0.1) is 28.0 Å². The Labute approximate surface area is 344 Å². The van der Waals surface area contributed by atoms with Crippen LogP contribution in [0, 0.1) is 13.8 Å². The maximum Gasteiger partial charge on any atom is 0.267 e. The molecule has 3 N–H and O–H groups in total. The first-order valence-electron chi connectivity index (χ1n) is 19.5. The molecule has 5 heterocycles. The van der Waals surface area contributed by atoms with E-state index in [0.29, 0.717) is 82.5 Å². The highest BCUT2D eigenvalue weighted by Gasteiger charge is 2.45. The molecular weight excluding hydrogens is 782 g/mol. The second kappa shape index (κ2) is 17.8. The van der Waals surface area contributed by atoms with Gasteiger partial charge in [0.25, 0.3) is 17.7 Å². The minimum absolute atomic E-state index is 0.0806. The Balaban J connectivity index is 0.821. The number of imide groups is 2. The zero-order chi connectivity index (χ0) is 40.9. The lowest BCUT2D eigenvalue weighted by molar-refractivity contribution is -0.136. The minimum Gasteiger partial charge on any atom is -0.353 e. The Morgan fingerprint density at radius 2 is 1.69 bits per heavy atom. The van der Waals surface area contributed by atoms with Crippen molar-refractivity contribution >= 4 is 80.8 Å². The standard InChI is InChI=1S/C41H44ClN9O6S/c1-24-10-8-14-28(42)36(24)48-38(55)30-23-43-41(58-30)46-31-22-32(45-25(2)44-31)49-18-20-50(21-19-49)34(53)15-7-5-3-4-6-11-26-12-9-13-27-35(26)40(57)51(39(27)56)29-16-17-33(52)47-37(29)54/h8-10,12-14,22-23,29H,3-7,11,15-21H2,1-2H3,(H,48,55)(H,47,52,54)(H,43,44,45,46). The summed E-state index contributed by atoms with van der Waals surface area (Å²) in [5, 5.41) is 9.27. The molecule has 15 nitrogen and oxygen atoms in total. The summed E-state index contributed by atoms with van der Waals surface area (Å²) in [5.41, 5.74) is 2.86. The number of carbonyl (C=O) groups is 6. The summed E-state index contributed by atoms with van der Waals surface area (Å²) in [6.07, 6.45) is 7.16. The molecule has 3 aliphatic rings. The average molecular weight is 826 g/mol. The van der Waals surface area contributed by atoms with Gasteiger partial charge in [0.2, 0.25) is 17.7 Å². The number of nitrogens with one attached hydrogen (secondary N) is 3. The van der Waals surface area contributed by atoms with E-state index in [2.05, 4.69) is 35.8 Å². The summed E-state index contributed by atoms with van der Waals surface area (Å²) >= 11 is 7.48. The van der Waals surface area contributed by atoms with Gasteiger partial charge in [-0.2, -0.15) is 0 Å². The lowest BCUT2D eigenvalue weighted by atomic mass is 9.97. The molecule has 2 saturated heterocycles. The van der Waals surface area contributed by atoms with E-state index in [1.807, 2.05) is 43.0 Å². The van der Waals surface area contributed by atoms with E-state index in [4.69, 9.17) is 11.6 Å². The molecule has 302 valence electrons. The van der Waals surface area contributed by atoms with Gasteiger partial charge in [0.15, 0.2) is 5.13 Å². The summed E-state index contributed by atoms with van der Waals surface area (Å²) in [6.45, 7) is 6.13. The number of halogens is 1. The van der Waals surface area contributed by atoms with E-state index < -0.39 is 29.7 Å². The molecule has 0 bridgehead atoms. The molecule has 2 aromatic heterocycles. The summed E-state index contributed by atoms with van der Waals surface area (Å²) in [6, 6.07) is 11.5. The molecule has 58 heavy (non-hydrogen) atoms. The van der Waals surface area contributed by atoms with E-state index >= 15 is 0 Å². The van der Waals surface area contributed by atoms with Crippen molar-refractivity contribution in [3.8, 4) is 0 Å². The van der Waals surface area contributed by atoms with Crippen molar-refractivity contribution in [3.05, 3.63) is 86.6 Å². The number of fused-ring (bicyclic) bond motifs is 1. The largest absolute Gasteiger partial charge is 0.353 e. The van der Waals surface area contributed by atoms with Crippen molar-refractivity contribution in [2.75, 3.05) is 41.7 Å². The van der Waals surface area contributed by atoms with Crippen LogP contribution in [0.25, 0.3) is 0 Å².